The van der Waals surface area contributed by atoms with Gasteiger partial charge in [-0.05, 0) is 31.1 Å². The molecule has 0 unspecified atom stereocenters. The summed E-state index contributed by atoms with van der Waals surface area (Å²) in [5, 5.41) is 0. The third-order valence-electron chi connectivity index (χ3n) is 3.54. The van der Waals surface area contributed by atoms with E-state index in [1.165, 1.54) is 38.5 Å². The van der Waals surface area contributed by atoms with Crippen molar-refractivity contribution in [1.82, 2.24) is 0 Å². The molecule has 72 valence electrons. The smallest absolute Gasteiger partial charge is 0.0727 e. The van der Waals surface area contributed by atoms with Crippen molar-refractivity contribution in [2.24, 2.45) is 5.41 Å². The van der Waals surface area contributed by atoms with E-state index in [-0.39, 0.29) is 3.23 Å². The lowest BCUT2D eigenvalue weighted by Crippen LogP contribution is -2.30. The van der Waals surface area contributed by atoms with Gasteiger partial charge in [0.05, 0.1) is 3.23 Å². The van der Waals surface area contributed by atoms with Gasteiger partial charge in [0.2, 0.25) is 0 Å². The first kappa shape index (κ1) is 11.0. The second-order valence-corrected chi connectivity index (χ2v) is 8.16. The highest BCUT2D eigenvalue weighted by Gasteiger charge is 2.37. The lowest BCUT2D eigenvalue weighted by atomic mass is 9.70. The molecule has 1 aliphatic rings. The van der Waals surface area contributed by atoms with Crippen LogP contribution < -0.4 is 0 Å². The molecule has 1 rings (SSSR count). The van der Waals surface area contributed by atoms with Crippen LogP contribution in [0.3, 0.4) is 0 Å². The molecular weight excluding hydrogens is 280 g/mol. The molecular formula is C10H18Br2. The Morgan fingerprint density at radius 3 is 1.67 bits per heavy atom. The van der Waals surface area contributed by atoms with Gasteiger partial charge in [0.1, 0.15) is 0 Å². The van der Waals surface area contributed by atoms with Gasteiger partial charge >= 0.3 is 0 Å². The van der Waals surface area contributed by atoms with Crippen LogP contribution in [0.1, 0.15) is 52.4 Å². The molecule has 0 aromatic heterocycles. The fourth-order valence-corrected chi connectivity index (χ4v) is 2.90. The predicted molar refractivity (Wildman–Crippen MR) is 62.1 cm³/mol. The maximum absolute atomic E-state index is 3.72. The SMILES string of the molecule is CCC1(CC)CCC(Br)(Br)CC1. The molecule has 0 amide bonds. The minimum atomic E-state index is 0.258. The van der Waals surface area contributed by atoms with Crippen LogP contribution in [-0.2, 0) is 0 Å². The average molecular weight is 298 g/mol. The zero-order valence-corrected chi connectivity index (χ0v) is 11.2. The first-order valence-electron chi connectivity index (χ1n) is 4.91. The molecule has 0 radical (unpaired) electrons. The summed E-state index contributed by atoms with van der Waals surface area (Å²) in [6.07, 6.45) is 7.98. The lowest BCUT2D eigenvalue weighted by molar-refractivity contribution is 0.173. The first-order chi connectivity index (χ1) is 5.54. The summed E-state index contributed by atoms with van der Waals surface area (Å²) >= 11 is 7.44. The zero-order chi connectivity index (χ0) is 9.24. The molecule has 0 N–H and O–H groups in total. The fourth-order valence-electron chi connectivity index (χ4n) is 2.10. The van der Waals surface area contributed by atoms with Crippen LogP contribution in [0.2, 0.25) is 0 Å². The molecule has 2 heteroatoms. The zero-order valence-electron chi connectivity index (χ0n) is 8.00. The van der Waals surface area contributed by atoms with E-state index in [4.69, 9.17) is 0 Å². The van der Waals surface area contributed by atoms with E-state index in [9.17, 15) is 0 Å². The van der Waals surface area contributed by atoms with Gasteiger partial charge in [0, 0.05) is 0 Å². The van der Waals surface area contributed by atoms with Crippen LogP contribution in [0, 0.1) is 5.41 Å². The Balaban J connectivity index is 2.53. The third-order valence-corrected chi connectivity index (χ3v) is 5.13. The second kappa shape index (κ2) is 4.00. The highest BCUT2D eigenvalue weighted by Crippen LogP contribution is 2.51. The molecule has 0 nitrogen and oxygen atoms in total. The highest BCUT2D eigenvalue weighted by molar-refractivity contribution is 9.25. The van der Waals surface area contributed by atoms with Gasteiger partial charge in [-0.15, -0.1) is 0 Å². The van der Waals surface area contributed by atoms with Crippen LogP contribution in [-0.4, -0.2) is 3.23 Å². The van der Waals surface area contributed by atoms with Gasteiger partial charge in [0.15, 0.2) is 0 Å². The standard InChI is InChI=1S/C10H18Br2/c1-3-9(4-2)5-7-10(11,12)8-6-9/h3-8H2,1-2H3. The number of halogens is 2. The summed E-state index contributed by atoms with van der Waals surface area (Å²) in [4.78, 5) is 0. The molecule has 1 aliphatic carbocycles. The van der Waals surface area contributed by atoms with Crippen molar-refractivity contribution >= 4 is 31.9 Å². The maximum atomic E-state index is 3.72. The molecule has 0 heterocycles. The van der Waals surface area contributed by atoms with Gasteiger partial charge in [-0.2, -0.15) is 0 Å². The van der Waals surface area contributed by atoms with Gasteiger partial charge < -0.3 is 0 Å². The van der Waals surface area contributed by atoms with Gasteiger partial charge in [0.25, 0.3) is 0 Å². The summed E-state index contributed by atoms with van der Waals surface area (Å²) < 4.78 is 0.258. The summed E-state index contributed by atoms with van der Waals surface area (Å²) in [6.45, 7) is 4.66. The lowest BCUT2D eigenvalue weighted by Gasteiger charge is -2.41. The van der Waals surface area contributed by atoms with E-state index >= 15 is 0 Å². The molecule has 0 saturated heterocycles. The normalized spacial score (nSPS) is 27.0. The van der Waals surface area contributed by atoms with E-state index in [1.807, 2.05) is 0 Å². The Hall–Kier alpha value is 0.960. The van der Waals surface area contributed by atoms with Crippen LogP contribution in [0.25, 0.3) is 0 Å². The Morgan fingerprint density at radius 1 is 0.917 bits per heavy atom. The molecule has 0 aromatic carbocycles. The Labute approximate surface area is 92.8 Å². The number of alkyl halides is 2. The largest absolute Gasteiger partial charge is 0.0806 e. The van der Waals surface area contributed by atoms with Crippen molar-refractivity contribution < 1.29 is 0 Å². The van der Waals surface area contributed by atoms with Crippen LogP contribution in [0.4, 0.5) is 0 Å². The Morgan fingerprint density at radius 2 is 1.33 bits per heavy atom. The van der Waals surface area contributed by atoms with E-state index < -0.39 is 0 Å². The Kier molecular flexibility index (Phi) is 3.68. The van der Waals surface area contributed by atoms with Crippen molar-refractivity contribution in [3.05, 3.63) is 0 Å². The molecule has 0 bridgehead atoms. The Bertz CT molecular complexity index is 136. The van der Waals surface area contributed by atoms with Crippen molar-refractivity contribution in [3.8, 4) is 0 Å². The quantitative estimate of drug-likeness (QED) is 0.639. The second-order valence-electron chi connectivity index (χ2n) is 4.06. The maximum Gasteiger partial charge on any atom is 0.0806 e. The van der Waals surface area contributed by atoms with Crippen molar-refractivity contribution in [3.63, 3.8) is 0 Å². The van der Waals surface area contributed by atoms with Crippen molar-refractivity contribution in [1.29, 1.82) is 0 Å². The van der Waals surface area contributed by atoms with Crippen molar-refractivity contribution in [2.75, 3.05) is 0 Å². The molecule has 1 saturated carbocycles. The average Bonchev–Trinajstić information content (AvgIpc) is 2.06. The first-order valence-corrected chi connectivity index (χ1v) is 6.50. The summed E-state index contributed by atoms with van der Waals surface area (Å²) in [6, 6.07) is 0. The van der Waals surface area contributed by atoms with Crippen molar-refractivity contribution in [2.45, 2.75) is 55.6 Å². The van der Waals surface area contributed by atoms with Crippen LogP contribution in [0.15, 0.2) is 0 Å². The summed E-state index contributed by atoms with van der Waals surface area (Å²) in [5.74, 6) is 0. The van der Waals surface area contributed by atoms with Gasteiger partial charge in [-0.25, -0.2) is 0 Å². The summed E-state index contributed by atoms with van der Waals surface area (Å²) in [5.41, 5.74) is 0.658. The third kappa shape index (κ3) is 2.47. The van der Waals surface area contributed by atoms with Crippen LogP contribution in [0.5, 0.6) is 0 Å². The van der Waals surface area contributed by atoms with Gasteiger partial charge in [-0.1, -0.05) is 58.5 Å². The van der Waals surface area contributed by atoms with E-state index in [2.05, 4.69) is 45.7 Å². The molecule has 1 fully saturated rings. The van der Waals surface area contributed by atoms with E-state index in [1.54, 1.807) is 0 Å². The molecule has 0 aromatic rings. The fraction of sp³-hybridized carbons (Fsp3) is 1.00. The monoisotopic (exact) mass is 296 g/mol. The van der Waals surface area contributed by atoms with Gasteiger partial charge in [-0.3, -0.25) is 0 Å². The topological polar surface area (TPSA) is 0 Å². The molecule has 0 aliphatic heterocycles. The van der Waals surface area contributed by atoms with E-state index in [0.29, 0.717) is 5.41 Å². The highest BCUT2D eigenvalue weighted by atomic mass is 79.9. The minimum Gasteiger partial charge on any atom is -0.0727 e. The molecule has 0 spiro atoms. The minimum absolute atomic E-state index is 0.258. The number of hydrogen-bond donors (Lipinski definition) is 0. The van der Waals surface area contributed by atoms with Crippen LogP contribution >= 0.6 is 31.9 Å². The van der Waals surface area contributed by atoms with E-state index in [0.717, 1.165) is 0 Å². The molecule has 0 atom stereocenters. The number of rotatable bonds is 2. The summed E-state index contributed by atoms with van der Waals surface area (Å²) in [7, 11) is 0. The number of hydrogen-bond acceptors (Lipinski definition) is 0. The predicted octanol–water partition coefficient (Wildman–Crippen LogP) is 4.85. The molecule has 12 heavy (non-hydrogen) atoms.